The molecule has 0 aliphatic carbocycles. The minimum Gasteiger partial charge on any atom is -0.290 e. The fourth-order valence-electron chi connectivity index (χ4n) is 2.13. The first kappa shape index (κ1) is 13.9. The van der Waals surface area contributed by atoms with Crippen LogP contribution in [0.5, 0.6) is 0 Å². The van der Waals surface area contributed by atoms with E-state index in [9.17, 15) is 13.2 Å². The third-order valence-electron chi connectivity index (χ3n) is 3.16. The van der Waals surface area contributed by atoms with E-state index >= 15 is 0 Å². The largest absolute Gasteiger partial charge is 0.416 e. The number of fused-ring (bicyclic) bond motifs is 1. The van der Waals surface area contributed by atoms with E-state index < -0.39 is 11.7 Å². The minimum absolute atomic E-state index is 0.455. The summed E-state index contributed by atoms with van der Waals surface area (Å²) in [5.74, 6) is 0. The number of imidazole rings is 1. The summed E-state index contributed by atoms with van der Waals surface area (Å²) in [6.45, 7) is 0. The topological polar surface area (TPSA) is 17.3 Å². The third kappa shape index (κ3) is 2.88. The van der Waals surface area contributed by atoms with Gasteiger partial charge >= 0.3 is 6.18 Å². The van der Waals surface area contributed by atoms with Gasteiger partial charge in [-0.1, -0.05) is 29.8 Å². The molecule has 0 radical (unpaired) electrons. The molecule has 21 heavy (non-hydrogen) atoms. The number of aromatic nitrogens is 2. The predicted molar refractivity (Wildman–Crippen MR) is 74.5 cm³/mol. The Hall–Kier alpha value is -2.01. The average molecular weight is 311 g/mol. The first-order valence-corrected chi connectivity index (χ1v) is 6.60. The Balaban J connectivity index is 1.87. The average Bonchev–Trinajstić information content (AvgIpc) is 2.82. The molecule has 0 saturated carbocycles. The van der Waals surface area contributed by atoms with Gasteiger partial charge < -0.3 is 0 Å². The van der Waals surface area contributed by atoms with Crippen LogP contribution in [0.25, 0.3) is 5.65 Å². The molecule has 0 amide bonds. The number of rotatable bonds is 2. The van der Waals surface area contributed by atoms with Gasteiger partial charge in [0.05, 0.1) is 11.3 Å². The minimum atomic E-state index is -4.31. The number of halogens is 4. The van der Waals surface area contributed by atoms with Crippen LogP contribution in [0.15, 0.2) is 48.7 Å². The van der Waals surface area contributed by atoms with Crippen molar-refractivity contribution in [2.24, 2.45) is 0 Å². The van der Waals surface area contributed by atoms with Gasteiger partial charge in [-0.05, 0) is 29.8 Å². The van der Waals surface area contributed by atoms with Crippen molar-refractivity contribution in [1.82, 2.24) is 9.38 Å². The molecule has 0 aliphatic rings. The number of hydrogen-bond acceptors (Lipinski definition) is 1. The number of pyridine rings is 1. The smallest absolute Gasteiger partial charge is 0.290 e. The van der Waals surface area contributed by atoms with E-state index in [4.69, 9.17) is 11.6 Å². The van der Waals surface area contributed by atoms with Gasteiger partial charge in [-0.25, -0.2) is 4.98 Å². The zero-order chi connectivity index (χ0) is 15.0. The van der Waals surface area contributed by atoms with Crippen molar-refractivity contribution >= 4 is 17.2 Å². The highest BCUT2D eigenvalue weighted by molar-refractivity contribution is 6.29. The zero-order valence-electron chi connectivity index (χ0n) is 10.7. The summed E-state index contributed by atoms with van der Waals surface area (Å²) in [5, 5.41) is 0.540. The second-order valence-corrected chi connectivity index (χ2v) is 5.07. The van der Waals surface area contributed by atoms with Crippen LogP contribution in [0.3, 0.4) is 0 Å². The lowest BCUT2D eigenvalue weighted by Crippen LogP contribution is -2.04. The maximum absolute atomic E-state index is 12.5. The predicted octanol–water partition coefficient (Wildman–Crippen LogP) is 4.60. The van der Waals surface area contributed by atoms with E-state index in [0.717, 1.165) is 23.4 Å². The van der Waals surface area contributed by atoms with Gasteiger partial charge in [-0.3, -0.25) is 4.40 Å². The van der Waals surface area contributed by atoms with E-state index in [1.807, 2.05) is 6.07 Å². The summed E-state index contributed by atoms with van der Waals surface area (Å²) >= 11 is 6.04. The molecule has 3 aromatic rings. The van der Waals surface area contributed by atoms with Crippen molar-refractivity contribution in [3.05, 3.63) is 70.6 Å². The Kier molecular flexibility index (Phi) is 3.37. The van der Waals surface area contributed by atoms with E-state index in [1.165, 1.54) is 12.1 Å². The van der Waals surface area contributed by atoms with Crippen molar-refractivity contribution in [2.75, 3.05) is 0 Å². The molecule has 0 fully saturated rings. The molecule has 0 saturated heterocycles. The summed E-state index contributed by atoms with van der Waals surface area (Å²) in [6, 6.07) is 10.5. The van der Waals surface area contributed by atoms with Crippen molar-refractivity contribution in [2.45, 2.75) is 12.6 Å². The molecule has 108 valence electrons. The number of benzene rings is 1. The molecule has 2 aromatic heterocycles. The fourth-order valence-corrected chi connectivity index (χ4v) is 2.34. The summed E-state index contributed by atoms with van der Waals surface area (Å²) in [5.41, 5.74) is 1.58. The van der Waals surface area contributed by atoms with Crippen molar-refractivity contribution in [1.29, 1.82) is 0 Å². The number of alkyl halides is 3. The lowest BCUT2D eigenvalue weighted by molar-refractivity contribution is -0.137. The van der Waals surface area contributed by atoms with Gasteiger partial charge in [0.2, 0.25) is 0 Å². The maximum atomic E-state index is 12.5. The second-order valence-electron chi connectivity index (χ2n) is 4.68. The molecule has 6 heteroatoms. The van der Waals surface area contributed by atoms with Crippen LogP contribution < -0.4 is 0 Å². The quantitative estimate of drug-likeness (QED) is 0.632. The molecule has 0 atom stereocenters. The van der Waals surface area contributed by atoms with Crippen LogP contribution in [0.2, 0.25) is 5.15 Å². The Morgan fingerprint density at radius 1 is 1.05 bits per heavy atom. The standard InChI is InChI=1S/C15H10ClF3N2/c16-13-2-1-3-14-20-12(9-21(13)14)8-10-4-6-11(7-5-10)15(17,18)19/h1-7,9H,8H2. The summed E-state index contributed by atoms with van der Waals surface area (Å²) in [4.78, 5) is 4.40. The first-order valence-electron chi connectivity index (χ1n) is 6.22. The van der Waals surface area contributed by atoms with E-state index in [2.05, 4.69) is 4.98 Å². The molecule has 0 spiro atoms. The van der Waals surface area contributed by atoms with Crippen LogP contribution in [-0.4, -0.2) is 9.38 Å². The fraction of sp³-hybridized carbons (Fsp3) is 0.133. The normalized spacial score (nSPS) is 12.0. The van der Waals surface area contributed by atoms with Crippen LogP contribution in [-0.2, 0) is 12.6 Å². The van der Waals surface area contributed by atoms with Crippen LogP contribution in [0.4, 0.5) is 13.2 Å². The van der Waals surface area contributed by atoms with Crippen molar-refractivity contribution in [3.63, 3.8) is 0 Å². The molecule has 0 aliphatic heterocycles. The van der Waals surface area contributed by atoms with Crippen molar-refractivity contribution in [3.8, 4) is 0 Å². The van der Waals surface area contributed by atoms with Gasteiger partial charge in [0.15, 0.2) is 0 Å². The Morgan fingerprint density at radius 3 is 2.38 bits per heavy atom. The first-order chi connectivity index (χ1) is 9.93. The van der Waals surface area contributed by atoms with Gasteiger partial charge in [0.25, 0.3) is 0 Å². The Bertz CT molecular complexity index is 776. The van der Waals surface area contributed by atoms with Gasteiger partial charge in [-0.2, -0.15) is 13.2 Å². The lowest BCUT2D eigenvalue weighted by atomic mass is 10.1. The van der Waals surface area contributed by atoms with Crippen LogP contribution in [0, 0.1) is 0 Å². The number of nitrogens with zero attached hydrogens (tertiary/aromatic N) is 2. The molecule has 0 N–H and O–H groups in total. The van der Waals surface area contributed by atoms with Crippen LogP contribution in [0.1, 0.15) is 16.8 Å². The van der Waals surface area contributed by atoms with Crippen molar-refractivity contribution < 1.29 is 13.2 Å². The Labute approximate surface area is 123 Å². The molecule has 2 heterocycles. The highest BCUT2D eigenvalue weighted by Crippen LogP contribution is 2.29. The summed E-state index contributed by atoms with van der Waals surface area (Å²) < 4.78 is 39.2. The monoisotopic (exact) mass is 310 g/mol. The highest BCUT2D eigenvalue weighted by Gasteiger charge is 2.29. The Morgan fingerprint density at radius 2 is 1.76 bits per heavy atom. The molecule has 3 rings (SSSR count). The van der Waals surface area contributed by atoms with Gasteiger partial charge in [0, 0.05) is 12.6 Å². The highest BCUT2D eigenvalue weighted by atomic mass is 35.5. The van der Waals surface area contributed by atoms with Gasteiger partial charge in [0.1, 0.15) is 10.8 Å². The molecule has 2 nitrogen and oxygen atoms in total. The van der Waals surface area contributed by atoms with Crippen LogP contribution >= 0.6 is 11.6 Å². The number of hydrogen-bond donors (Lipinski definition) is 0. The summed E-state index contributed by atoms with van der Waals surface area (Å²) in [7, 11) is 0. The molecule has 0 unspecified atom stereocenters. The van der Waals surface area contributed by atoms with E-state index in [1.54, 1.807) is 22.7 Å². The molecule has 0 bridgehead atoms. The SMILES string of the molecule is FC(F)(F)c1ccc(Cc2cn3c(Cl)cccc3n2)cc1. The lowest BCUT2D eigenvalue weighted by Gasteiger charge is -2.06. The van der Waals surface area contributed by atoms with E-state index in [-0.39, 0.29) is 0 Å². The van der Waals surface area contributed by atoms with E-state index in [0.29, 0.717) is 17.2 Å². The molecular weight excluding hydrogens is 301 g/mol. The molecule has 1 aromatic carbocycles. The summed E-state index contributed by atoms with van der Waals surface area (Å²) in [6.07, 6.45) is -2.07. The van der Waals surface area contributed by atoms with Gasteiger partial charge in [-0.15, -0.1) is 0 Å². The zero-order valence-corrected chi connectivity index (χ0v) is 11.5. The second kappa shape index (κ2) is 5.07. The third-order valence-corrected chi connectivity index (χ3v) is 3.47. The maximum Gasteiger partial charge on any atom is 0.416 e. The molecular formula is C15H10ClF3N2.